The number of fused-ring (bicyclic) bond motifs is 1. The van der Waals surface area contributed by atoms with E-state index in [2.05, 4.69) is 17.2 Å². The summed E-state index contributed by atoms with van der Waals surface area (Å²) < 4.78 is 7.74. The van der Waals surface area contributed by atoms with Crippen LogP contribution in [0.25, 0.3) is 10.9 Å². The Balaban J connectivity index is 2.02. The van der Waals surface area contributed by atoms with E-state index in [1.54, 1.807) is 0 Å². The predicted molar refractivity (Wildman–Crippen MR) is 58.6 cm³/mol. The molecule has 0 amide bonds. The van der Waals surface area contributed by atoms with Crippen LogP contribution in [-0.4, -0.2) is 16.4 Å². The molecule has 1 unspecified atom stereocenters. The maximum absolute atomic E-state index is 5.73. The molecule has 3 heteroatoms. The largest absolute Gasteiger partial charge is 0.356 e. The molecule has 1 aliphatic heterocycles. The van der Waals surface area contributed by atoms with Crippen molar-refractivity contribution in [3.8, 4) is 0 Å². The van der Waals surface area contributed by atoms with Crippen molar-refractivity contribution >= 4 is 10.9 Å². The van der Waals surface area contributed by atoms with E-state index >= 15 is 0 Å². The van der Waals surface area contributed by atoms with Gasteiger partial charge in [0.15, 0.2) is 6.23 Å². The van der Waals surface area contributed by atoms with Crippen molar-refractivity contribution in [2.24, 2.45) is 0 Å². The molecule has 0 radical (unpaired) electrons. The summed E-state index contributed by atoms with van der Waals surface area (Å²) in [4.78, 5) is 0. The van der Waals surface area contributed by atoms with Gasteiger partial charge in [-0.15, -0.1) is 0 Å². The molecule has 0 spiro atoms. The molecule has 1 aromatic carbocycles. The predicted octanol–water partition coefficient (Wildman–Crippen LogP) is 2.74. The highest BCUT2D eigenvalue weighted by molar-refractivity contribution is 5.78. The molecule has 1 aromatic heterocycles. The lowest BCUT2D eigenvalue weighted by Gasteiger charge is -2.23. The second kappa shape index (κ2) is 3.66. The average Bonchev–Trinajstić information content (AvgIpc) is 2.74. The van der Waals surface area contributed by atoms with Gasteiger partial charge < -0.3 is 4.74 Å². The van der Waals surface area contributed by atoms with Crippen molar-refractivity contribution in [2.45, 2.75) is 25.5 Å². The van der Waals surface area contributed by atoms with Crippen molar-refractivity contribution in [3.05, 3.63) is 30.5 Å². The summed E-state index contributed by atoms with van der Waals surface area (Å²) in [6, 6.07) is 8.27. The Hall–Kier alpha value is -1.35. The molecule has 78 valence electrons. The van der Waals surface area contributed by atoms with Crippen molar-refractivity contribution in [1.29, 1.82) is 0 Å². The van der Waals surface area contributed by atoms with Crippen LogP contribution < -0.4 is 0 Å². The van der Waals surface area contributed by atoms with Gasteiger partial charge >= 0.3 is 0 Å². The average molecular weight is 202 g/mol. The number of aromatic nitrogens is 2. The minimum atomic E-state index is 0.138. The molecule has 1 atom stereocenters. The second-order valence-electron chi connectivity index (χ2n) is 3.97. The second-order valence-corrected chi connectivity index (χ2v) is 3.97. The molecule has 2 heterocycles. The monoisotopic (exact) mass is 202 g/mol. The minimum Gasteiger partial charge on any atom is -0.356 e. The Morgan fingerprint density at radius 2 is 2.20 bits per heavy atom. The third-order valence-electron chi connectivity index (χ3n) is 2.93. The summed E-state index contributed by atoms with van der Waals surface area (Å²) in [5, 5.41) is 5.60. The van der Waals surface area contributed by atoms with Gasteiger partial charge in [-0.1, -0.05) is 18.2 Å². The minimum absolute atomic E-state index is 0.138. The van der Waals surface area contributed by atoms with Crippen molar-refractivity contribution in [3.63, 3.8) is 0 Å². The van der Waals surface area contributed by atoms with Gasteiger partial charge in [0, 0.05) is 12.0 Å². The van der Waals surface area contributed by atoms with Gasteiger partial charge in [-0.2, -0.15) is 5.10 Å². The Bertz CT molecular complexity index is 457. The smallest absolute Gasteiger partial charge is 0.150 e. The zero-order chi connectivity index (χ0) is 10.1. The highest BCUT2D eigenvalue weighted by atomic mass is 16.5. The summed E-state index contributed by atoms with van der Waals surface area (Å²) in [6.45, 7) is 0.860. The number of hydrogen-bond acceptors (Lipinski definition) is 2. The van der Waals surface area contributed by atoms with Crippen LogP contribution in [-0.2, 0) is 4.74 Å². The molecular formula is C12H14N2O. The zero-order valence-corrected chi connectivity index (χ0v) is 8.60. The molecule has 3 rings (SSSR count). The van der Waals surface area contributed by atoms with Gasteiger partial charge in [-0.25, -0.2) is 4.68 Å². The molecule has 0 N–H and O–H groups in total. The number of para-hydroxylation sites is 1. The van der Waals surface area contributed by atoms with Crippen LogP contribution in [0.3, 0.4) is 0 Å². The van der Waals surface area contributed by atoms with Crippen LogP contribution in [0.4, 0.5) is 0 Å². The summed E-state index contributed by atoms with van der Waals surface area (Å²) in [6.07, 6.45) is 5.53. The molecule has 1 fully saturated rings. The maximum Gasteiger partial charge on any atom is 0.150 e. The molecular weight excluding hydrogens is 188 g/mol. The molecule has 0 saturated carbocycles. The van der Waals surface area contributed by atoms with Crippen molar-refractivity contribution in [2.75, 3.05) is 6.61 Å². The topological polar surface area (TPSA) is 27.1 Å². The maximum atomic E-state index is 5.73. The lowest BCUT2D eigenvalue weighted by Crippen LogP contribution is -2.18. The van der Waals surface area contributed by atoms with Crippen LogP contribution in [0.1, 0.15) is 25.5 Å². The van der Waals surface area contributed by atoms with Gasteiger partial charge in [0.25, 0.3) is 0 Å². The summed E-state index contributed by atoms with van der Waals surface area (Å²) >= 11 is 0. The fourth-order valence-electron chi connectivity index (χ4n) is 2.14. The normalized spacial score (nSPS) is 22.0. The fourth-order valence-corrected chi connectivity index (χ4v) is 2.14. The Labute approximate surface area is 88.7 Å². The van der Waals surface area contributed by atoms with E-state index in [0.717, 1.165) is 13.0 Å². The van der Waals surface area contributed by atoms with Crippen LogP contribution in [0.5, 0.6) is 0 Å². The molecule has 15 heavy (non-hydrogen) atoms. The Morgan fingerprint density at radius 3 is 3.07 bits per heavy atom. The van der Waals surface area contributed by atoms with Gasteiger partial charge in [0.05, 0.1) is 11.7 Å². The zero-order valence-electron chi connectivity index (χ0n) is 8.60. The molecule has 0 bridgehead atoms. The fraction of sp³-hybridized carbons (Fsp3) is 0.417. The SMILES string of the molecule is c1ccc2c(c1)cnn2C1CCCCO1. The molecule has 2 aromatic rings. The first-order valence-electron chi connectivity index (χ1n) is 5.49. The highest BCUT2D eigenvalue weighted by Crippen LogP contribution is 2.25. The van der Waals surface area contributed by atoms with E-state index in [1.165, 1.54) is 23.7 Å². The molecule has 3 nitrogen and oxygen atoms in total. The van der Waals surface area contributed by atoms with Gasteiger partial charge in [0.1, 0.15) is 0 Å². The molecule has 1 aliphatic rings. The van der Waals surface area contributed by atoms with E-state index in [9.17, 15) is 0 Å². The van der Waals surface area contributed by atoms with E-state index in [1.807, 2.05) is 23.0 Å². The Morgan fingerprint density at radius 1 is 1.27 bits per heavy atom. The highest BCUT2D eigenvalue weighted by Gasteiger charge is 2.17. The van der Waals surface area contributed by atoms with Gasteiger partial charge in [-0.05, 0) is 25.3 Å². The summed E-state index contributed by atoms with van der Waals surface area (Å²) in [5.41, 5.74) is 1.17. The lowest BCUT2D eigenvalue weighted by atomic mass is 10.2. The van der Waals surface area contributed by atoms with Crippen LogP contribution in [0, 0.1) is 0 Å². The first-order chi connectivity index (χ1) is 7.45. The quantitative estimate of drug-likeness (QED) is 0.711. The number of nitrogens with zero attached hydrogens (tertiary/aromatic N) is 2. The van der Waals surface area contributed by atoms with E-state index in [0.29, 0.717) is 0 Å². The molecule has 1 saturated heterocycles. The summed E-state index contributed by atoms with van der Waals surface area (Å²) in [5.74, 6) is 0. The third-order valence-corrected chi connectivity index (χ3v) is 2.93. The number of benzene rings is 1. The van der Waals surface area contributed by atoms with Crippen molar-refractivity contribution in [1.82, 2.24) is 9.78 Å². The number of rotatable bonds is 1. The van der Waals surface area contributed by atoms with Crippen LogP contribution in [0.2, 0.25) is 0 Å². The van der Waals surface area contributed by atoms with Crippen molar-refractivity contribution < 1.29 is 4.74 Å². The third kappa shape index (κ3) is 1.53. The van der Waals surface area contributed by atoms with E-state index in [-0.39, 0.29) is 6.23 Å². The van der Waals surface area contributed by atoms with E-state index < -0.39 is 0 Å². The first-order valence-corrected chi connectivity index (χ1v) is 5.49. The van der Waals surface area contributed by atoms with Gasteiger partial charge in [0.2, 0.25) is 0 Å². The van der Waals surface area contributed by atoms with Crippen LogP contribution in [0.15, 0.2) is 30.5 Å². The standard InChI is InChI=1S/C12H14N2O/c1-2-6-11-10(5-1)9-13-14(11)12-7-3-4-8-15-12/h1-2,5-6,9,12H,3-4,7-8H2. The number of ether oxygens (including phenoxy) is 1. The van der Waals surface area contributed by atoms with Gasteiger partial charge in [-0.3, -0.25) is 0 Å². The Kier molecular flexibility index (Phi) is 2.18. The first kappa shape index (κ1) is 8.92. The van der Waals surface area contributed by atoms with E-state index in [4.69, 9.17) is 4.74 Å². The van der Waals surface area contributed by atoms with Crippen LogP contribution >= 0.6 is 0 Å². The summed E-state index contributed by atoms with van der Waals surface area (Å²) in [7, 11) is 0. The number of hydrogen-bond donors (Lipinski definition) is 0. The lowest BCUT2D eigenvalue weighted by molar-refractivity contribution is -0.0366. The molecule has 0 aliphatic carbocycles.